The van der Waals surface area contributed by atoms with E-state index in [0.29, 0.717) is 11.8 Å². The molecule has 23 heavy (non-hydrogen) atoms. The van der Waals surface area contributed by atoms with Gasteiger partial charge in [0.25, 0.3) is 5.91 Å². The highest BCUT2D eigenvalue weighted by atomic mass is 16.5. The van der Waals surface area contributed by atoms with E-state index in [0.717, 1.165) is 38.3 Å². The zero-order valence-electron chi connectivity index (χ0n) is 13.9. The number of hydrogen-bond donors (Lipinski definition) is 1. The van der Waals surface area contributed by atoms with Crippen molar-refractivity contribution in [3.63, 3.8) is 0 Å². The van der Waals surface area contributed by atoms with Crippen molar-refractivity contribution in [3.05, 3.63) is 29.8 Å². The Morgan fingerprint density at radius 3 is 2.70 bits per heavy atom. The van der Waals surface area contributed by atoms with Crippen molar-refractivity contribution >= 4 is 11.6 Å². The van der Waals surface area contributed by atoms with Crippen molar-refractivity contribution in [1.82, 2.24) is 9.80 Å². The van der Waals surface area contributed by atoms with Crippen molar-refractivity contribution in [1.29, 1.82) is 0 Å². The van der Waals surface area contributed by atoms with E-state index < -0.39 is 0 Å². The quantitative estimate of drug-likeness (QED) is 0.866. The molecule has 1 aromatic carbocycles. The number of piperazine rings is 1. The number of carbonyl (C=O) groups is 1. The van der Waals surface area contributed by atoms with Crippen LogP contribution in [-0.4, -0.2) is 60.6 Å². The van der Waals surface area contributed by atoms with Gasteiger partial charge in [-0.05, 0) is 50.5 Å². The average molecular weight is 317 g/mol. The molecule has 2 N–H and O–H groups in total. The Hall–Kier alpha value is -1.59. The van der Waals surface area contributed by atoms with Crippen LogP contribution in [0, 0.1) is 0 Å². The number of nitrogens with zero attached hydrogens (tertiary/aromatic N) is 2. The lowest BCUT2D eigenvalue weighted by Crippen LogP contribution is -2.55. The third kappa shape index (κ3) is 4.03. The van der Waals surface area contributed by atoms with Crippen LogP contribution >= 0.6 is 0 Å². The summed E-state index contributed by atoms with van der Waals surface area (Å²) < 4.78 is 5.84. The van der Waals surface area contributed by atoms with Crippen LogP contribution in [0.2, 0.25) is 0 Å². The molecule has 2 atom stereocenters. The third-order valence-corrected chi connectivity index (χ3v) is 4.87. The van der Waals surface area contributed by atoms with Crippen LogP contribution in [0.3, 0.4) is 0 Å². The molecule has 1 amide bonds. The maximum atomic E-state index is 12.7. The number of ether oxygens (including phenoxy) is 1. The van der Waals surface area contributed by atoms with Gasteiger partial charge >= 0.3 is 0 Å². The Kier molecular flexibility index (Phi) is 5.18. The van der Waals surface area contributed by atoms with E-state index in [2.05, 4.69) is 11.8 Å². The van der Waals surface area contributed by atoms with Gasteiger partial charge in [-0.25, -0.2) is 0 Å². The number of hydrogen-bond acceptors (Lipinski definition) is 4. The molecule has 126 valence electrons. The van der Waals surface area contributed by atoms with E-state index in [1.54, 1.807) is 12.1 Å². The summed E-state index contributed by atoms with van der Waals surface area (Å²) in [5, 5.41) is 0. The second-order valence-corrected chi connectivity index (χ2v) is 6.72. The summed E-state index contributed by atoms with van der Waals surface area (Å²) in [6, 6.07) is 7.42. The molecule has 2 unspecified atom stereocenters. The lowest BCUT2D eigenvalue weighted by molar-refractivity contribution is -0.0187. The van der Waals surface area contributed by atoms with Gasteiger partial charge in [0.2, 0.25) is 0 Å². The van der Waals surface area contributed by atoms with Crippen LogP contribution in [-0.2, 0) is 4.74 Å². The van der Waals surface area contributed by atoms with Gasteiger partial charge in [-0.1, -0.05) is 0 Å². The minimum absolute atomic E-state index is 0.103. The zero-order valence-corrected chi connectivity index (χ0v) is 13.9. The summed E-state index contributed by atoms with van der Waals surface area (Å²) >= 11 is 0. The molecule has 2 fully saturated rings. The Morgan fingerprint density at radius 1 is 1.26 bits per heavy atom. The van der Waals surface area contributed by atoms with Crippen LogP contribution in [0.1, 0.15) is 36.5 Å². The highest BCUT2D eigenvalue weighted by Crippen LogP contribution is 2.18. The molecule has 2 saturated heterocycles. The van der Waals surface area contributed by atoms with Gasteiger partial charge in [0, 0.05) is 50.1 Å². The van der Waals surface area contributed by atoms with Gasteiger partial charge in [-0.2, -0.15) is 0 Å². The third-order valence-electron chi connectivity index (χ3n) is 4.87. The molecule has 0 saturated carbocycles. The highest BCUT2D eigenvalue weighted by Gasteiger charge is 2.29. The van der Waals surface area contributed by atoms with E-state index in [9.17, 15) is 4.79 Å². The molecule has 3 rings (SSSR count). The molecule has 0 aliphatic carbocycles. The zero-order chi connectivity index (χ0) is 16.2. The first-order valence-electron chi connectivity index (χ1n) is 8.64. The van der Waals surface area contributed by atoms with Crippen molar-refractivity contribution in [2.75, 3.05) is 38.5 Å². The Balaban J connectivity index is 1.55. The van der Waals surface area contributed by atoms with Crippen LogP contribution in [0.4, 0.5) is 5.69 Å². The number of anilines is 1. The molecular formula is C18H27N3O2. The van der Waals surface area contributed by atoms with Gasteiger partial charge < -0.3 is 15.4 Å². The number of amides is 1. The maximum Gasteiger partial charge on any atom is 0.254 e. The van der Waals surface area contributed by atoms with Crippen molar-refractivity contribution in [2.45, 2.75) is 38.3 Å². The highest BCUT2D eigenvalue weighted by molar-refractivity contribution is 5.94. The predicted octanol–water partition coefficient (Wildman–Crippen LogP) is 1.98. The van der Waals surface area contributed by atoms with E-state index in [4.69, 9.17) is 10.5 Å². The molecule has 2 aliphatic rings. The van der Waals surface area contributed by atoms with Gasteiger partial charge in [0.1, 0.15) is 0 Å². The summed E-state index contributed by atoms with van der Waals surface area (Å²) in [6.45, 7) is 6.63. The first-order chi connectivity index (χ1) is 11.1. The summed E-state index contributed by atoms with van der Waals surface area (Å²) in [7, 11) is 0. The Morgan fingerprint density at radius 2 is 2.04 bits per heavy atom. The first-order valence-corrected chi connectivity index (χ1v) is 8.64. The van der Waals surface area contributed by atoms with Gasteiger partial charge in [0.15, 0.2) is 0 Å². The van der Waals surface area contributed by atoms with E-state index in [-0.39, 0.29) is 11.9 Å². The summed E-state index contributed by atoms with van der Waals surface area (Å²) in [5.74, 6) is 0.103. The van der Waals surface area contributed by atoms with Crippen LogP contribution in [0.5, 0.6) is 0 Å². The molecular weight excluding hydrogens is 290 g/mol. The van der Waals surface area contributed by atoms with Crippen LogP contribution < -0.4 is 5.73 Å². The number of benzene rings is 1. The normalized spacial score (nSPS) is 26.2. The lowest BCUT2D eigenvalue weighted by Gasteiger charge is -2.41. The second-order valence-electron chi connectivity index (χ2n) is 6.72. The van der Waals surface area contributed by atoms with Crippen molar-refractivity contribution < 1.29 is 9.53 Å². The smallest absolute Gasteiger partial charge is 0.254 e. The van der Waals surface area contributed by atoms with Crippen LogP contribution in [0.25, 0.3) is 0 Å². The van der Waals surface area contributed by atoms with Crippen molar-refractivity contribution in [2.24, 2.45) is 0 Å². The number of rotatable bonds is 3. The largest absolute Gasteiger partial charge is 0.399 e. The fourth-order valence-corrected chi connectivity index (χ4v) is 3.53. The minimum atomic E-state index is 0.103. The molecule has 2 heterocycles. The number of nitrogen functional groups attached to an aromatic ring is 1. The molecule has 0 aromatic heterocycles. The fourth-order valence-electron chi connectivity index (χ4n) is 3.53. The average Bonchev–Trinajstić information content (AvgIpc) is 2.56. The van der Waals surface area contributed by atoms with Gasteiger partial charge in [0.05, 0.1) is 6.10 Å². The second kappa shape index (κ2) is 7.32. The monoisotopic (exact) mass is 317 g/mol. The Labute approximate surface area is 138 Å². The predicted molar refractivity (Wildman–Crippen MR) is 91.4 cm³/mol. The molecule has 2 aliphatic heterocycles. The lowest BCUT2D eigenvalue weighted by atomic mass is 10.1. The SMILES string of the molecule is CC1CN(CC2CCCCO2)CCN1C(=O)c1ccc(N)cc1. The molecule has 5 heteroatoms. The molecule has 0 radical (unpaired) electrons. The topological polar surface area (TPSA) is 58.8 Å². The standard InChI is InChI=1S/C18H27N3O2/c1-14-12-20(13-17-4-2-3-11-23-17)9-10-21(14)18(22)15-5-7-16(19)8-6-15/h5-8,14,17H,2-4,9-13,19H2,1H3. The first kappa shape index (κ1) is 16.3. The summed E-state index contributed by atoms with van der Waals surface area (Å²) in [6.07, 6.45) is 4.00. The van der Waals surface area contributed by atoms with Gasteiger partial charge in [-0.3, -0.25) is 9.69 Å². The molecule has 0 bridgehead atoms. The van der Waals surface area contributed by atoms with E-state index in [1.807, 2.05) is 17.0 Å². The summed E-state index contributed by atoms with van der Waals surface area (Å²) in [4.78, 5) is 17.1. The van der Waals surface area contributed by atoms with Gasteiger partial charge in [-0.15, -0.1) is 0 Å². The molecule has 1 aromatic rings. The van der Waals surface area contributed by atoms with E-state index in [1.165, 1.54) is 19.3 Å². The molecule has 5 nitrogen and oxygen atoms in total. The minimum Gasteiger partial charge on any atom is -0.399 e. The Bertz CT molecular complexity index is 526. The van der Waals surface area contributed by atoms with E-state index >= 15 is 0 Å². The number of carbonyl (C=O) groups excluding carboxylic acids is 1. The fraction of sp³-hybridized carbons (Fsp3) is 0.611. The summed E-state index contributed by atoms with van der Waals surface area (Å²) in [5.41, 5.74) is 7.10. The number of nitrogens with two attached hydrogens (primary N) is 1. The van der Waals surface area contributed by atoms with Crippen molar-refractivity contribution in [3.8, 4) is 0 Å². The van der Waals surface area contributed by atoms with Crippen LogP contribution in [0.15, 0.2) is 24.3 Å². The maximum absolute atomic E-state index is 12.7. The molecule has 0 spiro atoms.